The molecule has 2 heterocycles. The van der Waals surface area contributed by atoms with Crippen molar-refractivity contribution in [3.05, 3.63) is 27.9 Å². The molecule has 1 aromatic heterocycles. The van der Waals surface area contributed by atoms with Gasteiger partial charge in [0.05, 0.1) is 4.92 Å². The van der Waals surface area contributed by atoms with E-state index in [0.717, 1.165) is 19.6 Å². The fourth-order valence-corrected chi connectivity index (χ4v) is 2.39. The minimum Gasteiger partial charge on any atom is -0.365 e. The number of nitriles is 1. The summed E-state index contributed by atoms with van der Waals surface area (Å²) in [6.45, 7) is 5.10. The lowest BCUT2D eigenvalue weighted by Gasteiger charge is -2.21. The number of aromatic nitrogens is 1. The number of nitrogens with one attached hydrogen (secondary N) is 1. The second-order valence-corrected chi connectivity index (χ2v) is 5.01. The van der Waals surface area contributed by atoms with Crippen LogP contribution in [0.3, 0.4) is 0 Å². The number of nitro groups is 1. The van der Waals surface area contributed by atoms with Gasteiger partial charge in [-0.1, -0.05) is 0 Å². The van der Waals surface area contributed by atoms with E-state index in [4.69, 9.17) is 5.26 Å². The lowest BCUT2D eigenvalue weighted by molar-refractivity contribution is -0.385. The van der Waals surface area contributed by atoms with Gasteiger partial charge < -0.3 is 10.2 Å². The Bertz CT molecular complexity index is 534. The first-order chi connectivity index (χ1) is 9.60. The van der Waals surface area contributed by atoms with Gasteiger partial charge in [0, 0.05) is 18.7 Å². The molecule has 0 radical (unpaired) electrons. The van der Waals surface area contributed by atoms with Crippen molar-refractivity contribution in [2.75, 3.05) is 25.0 Å². The monoisotopic (exact) mass is 275 g/mol. The highest BCUT2D eigenvalue weighted by Gasteiger charge is 2.17. The number of pyridine rings is 1. The lowest BCUT2D eigenvalue weighted by atomic mass is 10.2. The summed E-state index contributed by atoms with van der Waals surface area (Å²) in [4.78, 5) is 16.5. The van der Waals surface area contributed by atoms with Crippen molar-refractivity contribution in [1.82, 2.24) is 9.88 Å². The number of hydrogen-bond donors (Lipinski definition) is 1. The van der Waals surface area contributed by atoms with Crippen molar-refractivity contribution in [2.45, 2.75) is 25.8 Å². The van der Waals surface area contributed by atoms with Gasteiger partial charge in [-0.2, -0.15) is 5.26 Å². The van der Waals surface area contributed by atoms with E-state index in [-0.39, 0.29) is 17.3 Å². The van der Waals surface area contributed by atoms with Crippen LogP contribution in [0.5, 0.6) is 0 Å². The van der Waals surface area contributed by atoms with Crippen molar-refractivity contribution in [1.29, 1.82) is 5.26 Å². The largest absolute Gasteiger partial charge is 0.365 e. The number of nitrogens with zero attached hydrogens (tertiary/aromatic N) is 4. The van der Waals surface area contributed by atoms with Crippen molar-refractivity contribution in [2.24, 2.45) is 0 Å². The maximum absolute atomic E-state index is 10.7. The molecule has 1 N–H and O–H groups in total. The van der Waals surface area contributed by atoms with Gasteiger partial charge in [0.25, 0.3) is 5.69 Å². The van der Waals surface area contributed by atoms with Gasteiger partial charge in [-0.05, 0) is 32.9 Å². The minimum atomic E-state index is -0.550. The second kappa shape index (κ2) is 6.30. The molecule has 1 atom stereocenters. The van der Waals surface area contributed by atoms with Crippen LogP contribution in [0.2, 0.25) is 0 Å². The molecule has 0 spiro atoms. The smallest absolute Gasteiger partial charge is 0.289 e. The Labute approximate surface area is 117 Å². The minimum absolute atomic E-state index is 0.133. The first-order valence-electron chi connectivity index (χ1n) is 6.63. The Hall–Kier alpha value is -2.20. The second-order valence-electron chi connectivity index (χ2n) is 5.01. The molecule has 0 saturated carbocycles. The first kappa shape index (κ1) is 14.2. The molecule has 0 aromatic carbocycles. The molecule has 106 valence electrons. The molecule has 0 amide bonds. The molecule has 1 aromatic rings. The maximum atomic E-state index is 10.7. The van der Waals surface area contributed by atoms with Gasteiger partial charge in [0.1, 0.15) is 23.6 Å². The standard InChI is InChI=1S/C13H17N5O2/c1-10(9-17-4-2-3-5-17)16-13-11(7-14)6-12(8-15-13)18(19)20/h6,8,10H,2-5,9H2,1H3,(H,15,16). The van der Waals surface area contributed by atoms with Crippen LogP contribution in [0, 0.1) is 21.4 Å². The zero-order valence-electron chi connectivity index (χ0n) is 11.4. The summed E-state index contributed by atoms with van der Waals surface area (Å²) in [5, 5.41) is 22.9. The van der Waals surface area contributed by atoms with Crippen LogP contribution < -0.4 is 5.32 Å². The van der Waals surface area contributed by atoms with E-state index in [0.29, 0.717) is 5.82 Å². The van der Waals surface area contributed by atoms with Crippen LogP contribution in [-0.4, -0.2) is 40.5 Å². The molecule has 1 fully saturated rings. The molecular formula is C13H17N5O2. The third-order valence-corrected chi connectivity index (χ3v) is 3.32. The summed E-state index contributed by atoms with van der Waals surface area (Å²) in [5.41, 5.74) is 0.0340. The molecule has 7 heteroatoms. The van der Waals surface area contributed by atoms with Crippen molar-refractivity contribution < 1.29 is 4.92 Å². The Balaban J connectivity index is 2.04. The summed E-state index contributed by atoms with van der Waals surface area (Å²) >= 11 is 0. The van der Waals surface area contributed by atoms with E-state index in [1.807, 2.05) is 13.0 Å². The van der Waals surface area contributed by atoms with Gasteiger partial charge in [0.15, 0.2) is 0 Å². The van der Waals surface area contributed by atoms with E-state index in [1.54, 1.807) is 0 Å². The molecule has 0 aliphatic carbocycles. The van der Waals surface area contributed by atoms with Crippen LogP contribution in [0.15, 0.2) is 12.3 Å². The van der Waals surface area contributed by atoms with E-state index >= 15 is 0 Å². The number of anilines is 1. The van der Waals surface area contributed by atoms with Crippen LogP contribution in [0.1, 0.15) is 25.3 Å². The van der Waals surface area contributed by atoms with Gasteiger partial charge >= 0.3 is 0 Å². The summed E-state index contributed by atoms with van der Waals surface area (Å²) in [6.07, 6.45) is 3.63. The topological polar surface area (TPSA) is 95.1 Å². The third-order valence-electron chi connectivity index (χ3n) is 3.32. The van der Waals surface area contributed by atoms with Gasteiger partial charge in [-0.3, -0.25) is 10.1 Å². The van der Waals surface area contributed by atoms with Crippen molar-refractivity contribution in [3.63, 3.8) is 0 Å². The van der Waals surface area contributed by atoms with Crippen LogP contribution in [-0.2, 0) is 0 Å². The van der Waals surface area contributed by atoms with E-state index in [2.05, 4.69) is 15.2 Å². The van der Waals surface area contributed by atoms with Crippen LogP contribution in [0.25, 0.3) is 0 Å². The molecule has 1 aliphatic heterocycles. The van der Waals surface area contributed by atoms with Crippen LogP contribution >= 0.6 is 0 Å². The summed E-state index contributed by atoms with van der Waals surface area (Å²) in [5.74, 6) is 0.407. The van der Waals surface area contributed by atoms with Crippen molar-refractivity contribution in [3.8, 4) is 6.07 Å². The molecule has 1 saturated heterocycles. The predicted octanol–water partition coefficient (Wildman–Crippen LogP) is 1.76. The van der Waals surface area contributed by atoms with Gasteiger partial charge in [0.2, 0.25) is 0 Å². The van der Waals surface area contributed by atoms with E-state index in [1.165, 1.54) is 25.1 Å². The molecule has 7 nitrogen and oxygen atoms in total. The summed E-state index contributed by atoms with van der Waals surface area (Å²) < 4.78 is 0. The first-order valence-corrected chi connectivity index (χ1v) is 6.63. The van der Waals surface area contributed by atoms with E-state index in [9.17, 15) is 10.1 Å². The number of likely N-dealkylation sites (tertiary alicyclic amines) is 1. The molecule has 20 heavy (non-hydrogen) atoms. The van der Waals surface area contributed by atoms with Crippen LogP contribution in [0.4, 0.5) is 11.5 Å². The SMILES string of the molecule is CC(CN1CCCC1)Nc1ncc([N+](=O)[O-])cc1C#N. The normalized spacial score (nSPS) is 16.6. The Morgan fingerprint density at radius 1 is 1.60 bits per heavy atom. The zero-order valence-corrected chi connectivity index (χ0v) is 11.4. The average molecular weight is 275 g/mol. The quantitative estimate of drug-likeness (QED) is 0.649. The molecule has 2 rings (SSSR count). The van der Waals surface area contributed by atoms with Gasteiger partial charge in [-0.15, -0.1) is 0 Å². The number of rotatable bonds is 5. The third kappa shape index (κ3) is 3.42. The maximum Gasteiger partial charge on any atom is 0.289 e. The fourth-order valence-electron chi connectivity index (χ4n) is 2.39. The Kier molecular flexibility index (Phi) is 4.48. The lowest BCUT2D eigenvalue weighted by Crippen LogP contribution is -2.33. The molecule has 1 aliphatic rings. The Morgan fingerprint density at radius 2 is 2.30 bits per heavy atom. The fraction of sp³-hybridized carbons (Fsp3) is 0.538. The molecule has 1 unspecified atom stereocenters. The highest BCUT2D eigenvalue weighted by atomic mass is 16.6. The van der Waals surface area contributed by atoms with E-state index < -0.39 is 4.92 Å². The molecular weight excluding hydrogens is 258 g/mol. The zero-order chi connectivity index (χ0) is 14.5. The number of hydrogen-bond acceptors (Lipinski definition) is 6. The average Bonchev–Trinajstić information content (AvgIpc) is 2.91. The summed E-state index contributed by atoms with van der Waals surface area (Å²) in [7, 11) is 0. The van der Waals surface area contributed by atoms with Crippen molar-refractivity contribution >= 4 is 11.5 Å². The highest BCUT2D eigenvalue weighted by Crippen LogP contribution is 2.19. The summed E-state index contributed by atoms with van der Waals surface area (Å²) in [6, 6.07) is 3.33. The predicted molar refractivity (Wildman–Crippen MR) is 74.4 cm³/mol. The van der Waals surface area contributed by atoms with Gasteiger partial charge in [-0.25, -0.2) is 4.98 Å². The highest BCUT2D eigenvalue weighted by molar-refractivity contribution is 5.55. The Morgan fingerprint density at radius 3 is 2.90 bits per heavy atom. The molecule has 0 bridgehead atoms.